The first-order valence-corrected chi connectivity index (χ1v) is 5.90. The minimum Gasteiger partial charge on any atom is -0.480 e. The summed E-state index contributed by atoms with van der Waals surface area (Å²) in [6.45, 7) is 2.87. The highest BCUT2D eigenvalue weighted by Crippen LogP contribution is 2.27. The Morgan fingerprint density at radius 2 is 1.83 bits per heavy atom. The Balaban J connectivity index is 3.16. The van der Waals surface area contributed by atoms with Gasteiger partial charge >= 0.3 is 5.97 Å². The minimum absolute atomic E-state index is 0.122. The number of amides is 1. The topological polar surface area (TPSA) is 57.6 Å². The van der Waals surface area contributed by atoms with Crippen molar-refractivity contribution in [3.8, 4) is 0 Å². The first kappa shape index (κ1) is 14.8. The molecule has 0 aliphatic rings. The van der Waals surface area contributed by atoms with Gasteiger partial charge in [-0.1, -0.05) is 29.3 Å². The highest BCUT2D eigenvalue weighted by Gasteiger charge is 2.36. The molecule has 1 amide bonds. The van der Waals surface area contributed by atoms with Crippen LogP contribution in [0.4, 0.5) is 0 Å². The summed E-state index contributed by atoms with van der Waals surface area (Å²) in [6.07, 6.45) is 0. The summed E-state index contributed by atoms with van der Waals surface area (Å²) < 4.78 is 0. The van der Waals surface area contributed by atoms with Gasteiger partial charge < -0.3 is 10.0 Å². The summed E-state index contributed by atoms with van der Waals surface area (Å²) in [4.78, 5) is 24.4. The normalized spacial score (nSPS) is 11.2. The van der Waals surface area contributed by atoms with Gasteiger partial charge in [0.2, 0.25) is 0 Å². The largest absolute Gasteiger partial charge is 0.480 e. The van der Waals surface area contributed by atoms with Crippen LogP contribution in [0.25, 0.3) is 0 Å². The van der Waals surface area contributed by atoms with Crippen LogP contribution in [0.15, 0.2) is 18.2 Å². The van der Waals surface area contributed by atoms with Crippen LogP contribution >= 0.6 is 23.2 Å². The second-order valence-corrected chi connectivity index (χ2v) is 5.11. The van der Waals surface area contributed by atoms with Gasteiger partial charge in [0.15, 0.2) is 0 Å². The molecule has 18 heavy (non-hydrogen) atoms. The van der Waals surface area contributed by atoms with Crippen LogP contribution in [0.5, 0.6) is 0 Å². The van der Waals surface area contributed by atoms with Crippen molar-refractivity contribution in [2.45, 2.75) is 19.4 Å². The molecule has 0 heterocycles. The van der Waals surface area contributed by atoms with Gasteiger partial charge in [-0.25, -0.2) is 4.79 Å². The standard InChI is InChI=1S/C12H13Cl2NO3/c1-12(2,11(17)18)15(3)10(16)7-5-4-6-8(13)9(7)14/h4-6H,1-3H3,(H,17,18). The average molecular weight is 290 g/mol. The van der Waals surface area contributed by atoms with E-state index >= 15 is 0 Å². The number of carboxylic acids is 1. The predicted molar refractivity (Wildman–Crippen MR) is 70.3 cm³/mol. The van der Waals surface area contributed by atoms with E-state index in [9.17, 15) is 9.59 Å². The lowest BCUT2D eigenvalue weighted by Gasteiger charge is -2.31. The Kier molecular flexibility index (Phi) is 4.24. The third-order valence-corrected chi connectivity index (χ3v) is 3.67. The number of rotatable bonds is 3. The predicted octanol–water partition coefficient (Wildman–Crippen LogP) is 2.93. The van der Waals surface area contributed by atoms with Crippen molar-refractivity contribution in [1.29, 1.82) is 0 Å². The van der Waals surface area contributed by atoms with Crippen molar-refractivity contribution in [2.24, 2.45) is 0 Å². The summed E-state index contributed by atoms with van der Waals surface area (Å²) in [6, 6.07) is 4.65. The Bertz CT molecular complexity index is 500. The fraction of sp³-hybridized carbons (Fsp3) is 0.333. The van der Waals surface area contributed by atoms with Crippen LogP contribution in [0.3, 0.4) is 0 Å². The number of halogens is 2. The summed E-state index contributed by atoms with van der Waals surface area (Å²) in [5.74, 6) is -1.59. The van der Waals surface area contributed by atoms with E-state index in [-0.39, 0.29) is 15.6 Å². The van der Waals surface area contributed by atoms with Gasteiger partial charge in [0.25, 0.3) is 5.91 Å². The fourth-order valence-corrected chi connectivity index (χ4v) is 1.63. The number of nitrogens with zero attached hydrogens (tertiary/aromatic N) is 1. The number of aliphatic carboxylic acids is 1. The molecule has 98 valence electrons. The Labute approximate surface area is 115 Å². The molecule has 6 heteroatoms. The number of likely N-dealkylation sites (N-methyl/N-ethyl adjacent to an activating group) is 1. The molecule has 0 saturated heterocycles. The molecule has 1 N–H and O–H groups in total. The first-order chi connectivity index (χ1) is 8.19. The molecule has 0 atom stereocenters. The van der Waals surface area contributed by atoms with E-state index < -0.39 is 17.4 Å². The van der Waals surface area contributed by atoms with Gasteiger partial charge in [0, 0.05) is 7.05 Å². The highest BCUT2D eigenvalue weighted by atomic mass is 35.5. The van der Waals surface area contributed by atoms with E-state index in [1.165, 1.54) is 27.0 Å². The second kappa shape index (κ2) is 5.16. The van der Waals surface area contributed by atoms with Crippen molar-refractivity contribution < 1.29 is 14.7 Å². The number of carbonyl (C=O) groups is 2. The van der Waals surface area contributed by atoms with Crippen molar-refractivity contribution in [1.82, 2.24) is 4.90 Å². The van der Waals surface area contributed by atoms with Crippen molar-refractivity contribution in [3.05, 3.63) is 33.8 Å². The molecule has 0 aromatic heterocycles. The summed E-state index contributed by atoms with van der Waals surface area (Å²) in [5.41, 5.74) is -1.15. The lowest BCUT2D eigenvalue weighted by Crippen LogP contribution is -2.50. The van der Waals surface area contributed by atoms with Gasteiger partial charge in [-0.2, -0.15) is 0 Å². The zero-order chi connectivity index (χ0) is 14.1. The molecular weight excluding hydrogens is 277 g/mol. The number of hydrogen-bond acceptors (Lipinski definition) is 2. The molecule has 0 spiro atoms. The molecule has 0 radical (unpaired) electrons. The van der Waals surface area contributed by atoms with E-state index in [1.54, 1.807) is 12.1 Å². The molecule has 1 aromatic carbocycles. The van der Waals surface area contributed by atoms with Crippen LogP contribution in [-0.4, -0.2) is 34.5 Å². The quantitative estimate of drug-likeness (QED) is 0.931. The number of carboxylic acid groups (broad SMARTS) is 1. The van der Waals surface area contributed by atoms with Crippen LogP contribution in [0.2, 0.25) is 10.0 Å². The van der Waals surface area contributed by atoms with E-state index in [0.717, 1.165) is 4.90 Å². The molecule has 0 fully saturated rings. The van der Waals surface area contributed by atoms with Crippen LogP contribution in [0, 0.1) is 0 Å². The van der Waals surface area contributed by atoms with Gasteiger partial charge in [-0.15, -0.1) is 0 Å². The Morgan fingerprint density at radius 1 is 1.28 bits per heavy atom. The minimum atomic E-state index is -1.33. The monoisotopic (exact) mass is 289 g/mol. The van der Waals surface area contributed by atoms with Gasteiger partial charge in [-0.3, -0.25) is 4.79 Å². The number of benzene rings is 1. The van der Waals surface area contributed by atoms with Gasteiger partial charge in [-0.05, 0) is 26.0 Å². The molecule has 0 aliphatic carbocycles. The lowest BCUT2D eigenvalue weighted by molar-refractivity contribution is -0.147. The van der Waals surface area contributed by atoms with Crippen molar-refractivity contribution in [2.75, 3.05) is 7.05 Å². The summed E-state index contributed by atoms with van der Waals surface area (Å²) in [7, 11) is 1.41. The van der Waals surface area contributed by atoms with E-state index in [1.807, 2.05) is 0 Å². The second-order valence-electron chi connectivity index (χ2n) is 4.33. The average Bonchev–Trinajstić information content (AvgIpc) is 2.30. The Morgan fingerprint density at radius 3 is 2.33 bits per heavy atom. The van der Waals surface area contributed by atoms with Gasteiger partial charge in [0.1, 0.15) is 5.54 Å². The molecule has 0 saturated carbocycles. The maximum atomic E-state index is 12.2. The zero-order valence-corrected chi connectivity index (χ0v) is 11.7. The molecule has 0 aliphatic heterocycles. The van der Waals surface area contributed by atoms with Gasteiger partial charge in [0.05, 0.1) is 15.6 Å². The maximum absolute atomic E-state index is 12.2. The molecule has 4 nitrogen and oxygen atoms in total. The smallest absolute Gasteiger partial charge is 0.329 e. The van der Waals surface area contributed by atoms with Crippen LogP contribution < -0.4 is 0 Å². The maximum Gasteiger partial charge on any atom is 0.329 e. The SMILES string of the molecule is CN(C(=O)c1cccc(Cl)c1Cl)C(C)(C)C(=O)O. The third kappa shape index (κ3) is 2.60. The number of hydrogen-bond donors (Lipinski definition) is 1. The van der Waals surface area contributed by atoms with Crippen molar-refractivity contribution >= 4 is 35.1 Å². The summed E-state index contributed by atoms with van der Waals surface area (Å²) in [5, 5.41) is 9.45. The van der Waals surface area contributed by atoms with E-state index in [2.05, 4.69) is 0 Å². The molecule has 0 bridgehead atoms. The number of carbonyl (C=O) groups excluding carboxylic acids is 1. The van der Waals surface area contributed by atoms with Crippen LogP contribution in [0.1, 0.15) is 24.2 Å². The third-order valence-electron chi connectivity index (χ3n) is 2.85. The van der Waals surface area contributed by atoms with Crippen LogP contribution in [-0.2, 0) is 4.79 Å². The summed E-state index contributed by atoms with van der Waals surface area (Å²) >= 11 is 11.8. The lowest BCUT2D eigenvalue weighted by atomic mass is 10.0. The zero-order valence-electron chi connectivity index (χ0n) is 10.2. The molecule has 1 aromatic rings. The molecular formula is C12H13Cl2NO3. The van der Waals surface area contributed by atoms with E-state index in [0.29, 0.717) is 0 Å². The fourth-order valence-electron chi connectivity index (χ4n) is 1.25. The first-order valence-electron chi connectivity index (χ1n) is 5.15. The molecule has 0 unspecified atom stereocenters. The highest BCUT2D eigenvalue weighted by molar-refractivity contribution is 6.43. The molecule has 1 rings (SSSR count). The van der Waals surface area contributed by atoms with Crippen molar-refractivity contribution in [3.63, 3.8) is 0 Å². The Hall–Kier alpha value is -1.26. The van der Waals surface area contributed by atoms with E-state index in [4.69, 9.17) is 28.3 Å².